The average molecular weight is 632 g/mol. The van der Waals surface area contributed by atoms with Crippen LogP contribution in [-0.2, 0) is 4.74 Å². The van der Waals surface area contributed by atoms with Gasteiger partial charge in [0.25, 0.3) is 5.91 Å². The van der Waals surface area contributed by atoms with Gasteiger partial charge in [-0.15, -0.1) is 0 Å². The number of likely N-dealkylation sites (tertiary alicyclic amines) is 1. The summed E-state index contributed by atoms with van der Waals surface area (Å²) < 4.78 is 18.7. The molecule has 1 aliphatic rings. The van der Waals surface area contributed by atoms with E-state index in [4.69, 9.17) is 19.3 Å². The molecule has 11 heteroatoms. The fourth-order valence-corrected chi connectivity index (χ4v) is 5.26. The number of aliphatic hydroxyl groups excluding tert-OH is 1. The molecule has 0 bridgehead atoms. The summed E-state index contributed by atoms with van der Waals surface area (Å²) in [6.45, 7) is 7.76. The van der Waals surface area contributed by atoms with Gasteiger partial charge in [0.05, 0.1) is 18.7 Å². The van der Waals surface area contributed by atoms with E-state index < -0.39 is 0 Å². The lowest BCUT2D eigenvalue weighted by Crippen LogP contribution is -2.34. The maximum absolute atomic E-state index is 13.0. The van der Waals surface area contributed by atoms with E-state index in [0.717, 1.165) is 37.9 Å². The molecule has 0 radical (unpaired) electrons. The highest BCUT2D eigenvalue weighted by molar-refractivity contribution is 6.03. The van der Waals surface area contributed by atoms with Crippen LogP contribution in [0.1, 0.15) is 54.9 Å². The lowest BCUT2D eigenvalue weighted by Gasteiger charge is -2.31. The Bertz CT molecular complexity index is 1560. The molecular weight excluding hydrogens is 586 g/mol. The Morgan fingerprint density at radius 3 is 2.41 bits per heavy atom. The Kier molecular flexibility index (Phi) is 12.9. The van der Waals surface area contributed by atoms with Crippen LogP contribution in [0.4, 0.5) is 10.6 Å². The number of rotatable bonds is 11. The summed E-state index contributed by atoms with van der Waals surface area (Å²) in [6.07, 6.45) is 6.56. The molecule has 0 aliphatic carbocycles. The maximum Gasteiger partial charge on any atom is 0.325 e. The molecule has 0 spiro atoms. The van der Waals surface area contributed by atoms with Gasteiger partial charge in [-0.05, 0) is 67.7 Å². The molecule has 46 heavy (non-hydrogen) atoms. The quantitative estimate of drug-likeness (QED) is 0.175. The van der Waals surface area contributed by atoms with Crippen molar-refractivity contribution < 1.29 is 28.9 Å². The smallest absolute Gasteiger partial charge is 0.325 e. The average Bonchev–Trinajstić information content (AvgIpc) is 3.48. The van der Waals surface area contributed by atoms with Crippen molar-refractivity contribution in [2.24, 2.45) is 0 Å². The Morgan fingerprint density at radius 2 is 1.74 bits per heavy atom. The van der Waals surface area contributed by atoms with Crippen LogP contribution in [0.5, 0.6) is 17.2 Å². The summed E-state index contributed by atoms with van der Waals surface area (Å²) in [6, 6.07) is 16.2. The second-order valence-corrected chi connectivity index (χ2v) is 11.0. The zero-order valence-electron chi connectivity index (χ0n) is 27.1. The van der Waals surface area contributed by atoms with Crippen LogP contribution in [0.15, 0.2) is 67.0 Å². The number of methoxy groups -OCH3 is 1. The summed E-state index contributed by atoms with van der Waals surface area (Å²) >= 11 is 0. The zero-order valence-corrected chi connectivity index (χ0v) is 27.1. The molecule has 2 amide bonds. The summed E-state index contributed by atoms with van der Waals surface area (Å²) in [7, 11) is 3.16. The van der Waals surface area contributed by atoms with E-state index in [1.165, 1.54) is 16.6 Å². The van der Waals surface area contributed by atoms with Gasteiger partial charge in [0.1, 0.15) is 18.2 Å². The molecule has 4 aromatic rings. The Morgan fingerprint density at radius 1 is 1.00 bits per heavy atom. The van der Waals surface area contributed by atoms with Gasteiger partial charge in [-0.2, -0.15) is 0 Å². The zero-order chi connectivity index (χ0) is 32.9. The molecule has 2 aromatic carbocycles. The first-order valence-electron chi connectivity index (χ1n) is 15.8. The monoisotopic (exact) mass is 631 g/mol. The molecule has 1 aliphatic heterocycles. The molecule has 0 atom stereocenters. The molecule has 5 rings (SSSR count). The van der Waals surface area contributed by atoms with E-state index in [2.05, 4.69) is 34.4 Å². The van der Waals surface area contributed by atoms with E-state index in [-0.39, 0.29) is 18.5 Å². The number of β-amino-alcohol motifs (C(OH)–C–C–N with tert-alkyl or cyclic N) is 1. The topological polar surface area (TPSA) is 127 Å². The number of anilines is 1. The molecule has 2 aromatic heterocycles. The normalized spacial score (nSPS) is 13.5. The van der Waals surface area contributed by atoms with Crippen LogP contribution in [0.25, 0.3) is 10.9 Å². The van der Waals surface area contributed by atoms with Crippen LogP contribution >= 0.6 is 0 Å². The minimum Gasteiger partial charge on any atom is -0.487 e. The number of hydrogen-bond acceptors (Lipinski definition) is 8. The Balaban J connectivity index is 0.00000154. The van der Waals surface area contributed by atoms with Crippen LogP contribution in [0.2, 0.25) is 0 Å². The first-order chi connectivity index (χ1) is 22.4. The Labute approximate surface area is 270 Å². The first kappa shape index (κ1) is 34.4. The molecule has 0 saturated carbocycles. The number of aromatic nitrogens is 2. The highest BCUT2D eigenvalue weighted by atomic mass is 16.5. The number of nitrogens with one attached hydrogen (secondary N) is 2. The van der Waals surface area contributed by atoms with E-state index in [1.807, 2.05) is 30.3 Å². The number of benzene rings is 2. The summed E-state index contributed by atoms with van der Waals surface area (Å²) in [5.74, 6) is 1.86. The number of amides is 2. The van der Waals surface area contributed by atoms with Gasteiger partial charge < -0.3 is 34.9 Å². The number of piperidine rings is 1. The van der Waals surface area contributed by atoms with Crippen molar-refractivity contribution in [3.05, 3.63) is 78.1 Å². The standard InChI is InChI=1S/C32H37N5O6.C3H8/c1-33-32(40)37-14-10-25-19-29(28(21-27(25)37)42-18-17-41-2)43-26-7-11-34-30(20-26)35-31(39)24-5-3-22(4-6-24)23-8-12-36(13-9-23)15-16-38;1-3-2/h3-7,10-11,14,19-21,23,38H,8-9,12-13,15-18H2,1-2H3,(H,33,40)(H,34,35,39);3H2,1-2H3. The molecule has 3 heterocycles. The van der Waals surface area contributed by atoms with Gasteiger partial charge >= 0.3 is 6.03 Å². The summed E-state index contributed by atoms with van der Waals surface area (Å²) in [4.78, 5) is 31.9. The summed E-state index contributed by atoms with van der Waals surface area (Å²) in [5.41, 5.74) is 2.43. The molecule has 3 N–H and O–H groups in total. The van der Waals surface area contributed by atoms with Crippen LogP contribution < -0.4 is 20.1 Å². The second-order valence-electron chi connectivity index (χ2n) is 11.0. The number of aliphatic hydroxyl groups is 1. The fourth-order valence-electron chi connectivity index (χ4n) is 5.26. The summed E-state index contributed by atoms with van der Waals surface area (Å²) in [5, 5.41) is 15.4. The van der Waals surface area contributed by atoms with Gasteiger partial charge in [-0.1, -0.05) is 32.4 Å². The van der Waals surface area contributed by atoms with Crippen molar-refractivity contribution in [1.82, 2.24) is 19.8 Å². The predicted octanol–water partition coefficient (Wildman–Crippen LogP) is 5.88. The van der Waals surface area contributed by atoms with Crippen LogP contribution in [-0.4, -0.2) is 85.1 Å². The van der Waals surface area contributed by atoms with E-state index in [1.54, 1.807) is 50.8 Å². The third-order valence-electron chi connectivity index (χ3n) is 7.58. The highest BCUT2D eigenvalue weighted by Crippen LogP contribution is 2.37. The number of ether oxygens (including phenoxy) is 3. The van der Waals surface area contributed by atoms with E-state index in [9.17, 15) is 9.59 Å². The molecule has 246 valence electrons. The molecule has 1 fully saturated rings. The predicted molar refractivity (Wildman–Crippen MR) is 179 cm³/mol. The number of carbonyl (C=O) groups excluding carboxylic acids is 2. The Hall–Kier alpha value is -4.45. The van der Waals surface area contributed by atoms with Crippen LogP contribution in [0, 0.1) is 0 Å². The van der Waals surface area contributed by atoms with Gasteiger partial charge in [0, 0.05) is 56.2 Å². The van der Waals surface area contributed by atoms with Gasteiger partial charge in [-0.25, -0.2) is 9.78 Å². The third-order valence-corrected chi connectivity index (χ3v) is 7.58. The largest absolute Gasteiger partial charge is 0.487 e. The molecular formula is C35H45N5O6. The lowest BCUT2D eigenvalue weighted by atomic mass is 9.89. The lowest BCUT2D eigenvalue weighted by molar-refractivity contribution is 0.102. The third kappa shape index (κ3) is 9.06. The molecule has 0 unspecified atom stereocenters. The van der Waals surface area contributed by atoms with Gasteiger partial charge in [0.15, 0.2) is 11.5 Å². The number of nitrogens with zero attached hydrogens (tertiary/aromatic N) is 3. The van der Waals surface area contributed by atoms with Crippen molar-refractivity contribution in [1.29, 1.82) is 0 Å². The fraction of sp³-hybridized carbons (Fsp3) is 0.400. The van der Waals surface area contributed by atoms with Crippen molar-refractivity contribution in [2.45, 2.75) is 39.0 Å². The van der Waals surface area contributed by atoms with Crippen LogP contribution in [0.3, 0.4) is 0 Å². The highest BCUT2D eigenvalue weighted by Gasteiger charge is 2.21. The number of pyridine rings is 1. The second kappa shape index (κ2) is 17.3. The van der Waals surface area contributed by atoms with Crippen molar-refractivity contribution >= 4 is 28.7 Å². The minimum atomic E-state index is -0.269. The van der Waals surface area contributed by atoms with Crippen molar-refractivity contribution in [2.75, 3.05) is 58.9 Å². The maximum atomic E-state index is 13.0. The van der Waals surface area contributed by atoms with Gasteiger partial charge in [0.2, 0.25) is 0 Å². The SMILES string of the molecule is CCC.CNC(=O)n1ccc2cc(Oc3ccnc(NC(=O)c4ccc(C5CCN(CCO)CC5)cc4)c3)c(OCCOC)cc21. The van der Waals surface area contributed by atoms with E-state index >= 15 is 0 Å². The van der Waals surface area contributed by atoms with Crippen molar-refractivity contribution in [3.8, 4) is 17.2 Å². The van der Waals surface area contributed by atoms with Crippen molar-refractivity contribution in [3.63, 3.8) is 0 Å². The minimum absolute atomic E-state index is 0.188. The van der Waals surface area contributed by atoms with Gasteiger partial charge in [-0.3, -0.25) is 9.36 Å². The molecule has 11 nitrogen and oxygen atoms in total. The number of hydrogen-bond donors (Lipinski definition) is 3. The number of fused-ring (bicyclic) bond motifs is 1. The molecule has 1 saturated heterocycles. The number of carbonyl (C=O) groups is 2. The first-order valence-corrected chi connectivity index (χ1v) is 15.8. The van der Waals surface area contributed by atoms with E-state index in [0.29, 0.717) is 53.3 Å².